The number of hydrogen-bond acceptors (Lipinski definition) is 3. The van der Waals surface area contributed by atoms with Crippen LogP contribution < -0.4 is 5.43 Å². The molecule has 4 rings (SSSR count). The molecule has 0 unspecified atom stereocenters. The number of pyridine rings is 1. The summed E-state index contributed by atoms with van der Waals surface area (Å²) in [5, 5.41) is 0.746. The third-order valence-electron chi connectivity index (χ3n) is 6.06. The average molecular weight is 353 g/mol. The highest BCUT2D eigenvalue weighted by Gasteiger charge is 2.41. The van der Waals surface area contributed by atoms with Gasteiger partial charge < -0.3 is 9.88 Å². The predicted molar refractivity (Wildman–Crippen MR) is 103 cm³/mol. The standard InChI is InChI=1S/C21H27N3O2/c1-2-24-15-21(10-8-20(24)26)9-5-11-23(14-21)13-16-12-19(25)17-6-3-4-7-18(17)22-16/h3-4,6-7,12H,2,5,8-11,13-15H2,1H3,(H,22,25)/t21-/m1/s1. The molecule has 5 heteroatoms. The lowest BCUT2D eigenvalue weighted by Gasteiger charge is -2.48. The molecule has 1 amide bonds. The fourth-order valence-corrected chi connectivity index (χ4v) is 4.75. The normalized spacial score (nSPS) is 24.5. The van der Waals surface area contributed by atoms with E-state index in [4.69, 9.17) is 0 Å². The van der Waals surface area contributed by atoms with E-state index in [0.717, 1.165) is 62.2 Å². The second-order valence-electron chi connectivity index (χ2n) is 7.93. The van der Waals surface area contributed by atoms with Crippen LogP contribution >= 0.6 is 0 Å². The number of H-pyrrole nitrogens is 1. The van der Waals surface area contributed by atoms with Crippen molar-refractivity contribution >= 4 is 16.8 Å². The van der Waals surface area contributed by atoms with E-state index in [2.05, 4.69) is 16.8 Å². The van der Waals surface area contributed by atoms with Crippen LogP contribution in [-0.4, -0.2) is 46.9 Å². The van der Waals surface area contributed by atoms with Crippen molar-refractivity contribution in [2.45, 2.75) is 39.2 Å². The number of aromatic nitrogens is 1. The Morgan fingerprint density at radius 2 is 2.00 bits per heavy atom. The van der Waals surface area contributed by atoms with E-state index in [-0.39, 0.29) is 10.8 Å². The van der Waals surface area contributed by atoms with E-state index >= 15 is 0 Å². The minimum Gasteiger partial charge on any atom is -0.357 e. The third kappa shape index (κ3) is 3.28. The molecule has 1 aromatic heterocycles. The molecule has 1 spiro atoms. The van der Waals surface area contributed by atoms with Crippen LogP contribution in [0.5, 0.6) is 0 Å². The van der Waals surface area contributed by atoms with Gasteiger partial charge in [0, 0.05) is 60.7 Å². The highest BCUT2D eigenvalue weighted by molar-refractivity contribution is 5.78. The van der Waals surface area contributed by atoms with E-state index in [1.54, 1.807) is 6.07 Å². The summed E-state index contributed by atoms with van der Waals surface area (Å²) in [6.45, 7) is 6.58. The number of amides is 1. The van der Waals surface area contributed by atoms with Gasteiger partial charge in [-0.1, -0.05) is 12.1 Å². The molecule has 1 N–H and O–H groups in total. The van der Waals surface area contributed by atoms with Crippen molar-refractivity contribution in [3.63, 3.8) is 0 Å². The van der Waals surface area contributed by atoms with Gasteiger partial charge in [0.05, 0.1) is 0 Å². The molecule has 2 aliphatic heterocycles. The number of piperidine rings is 2. The Balaban J connectivity index is 1.52. The lowest BCUT2D eigenvalue weighted by Crippen LogP contribution is -2.53. The van der Waals surface area contributed by atoms with Crippen LogP contribution in [0.4, 0.5) is 0 Å². The van der Waals surface area contributed by atoms with Gasteiger partial charge >= 0.3 is 0 Å². The lowest BCUT2D eigenvalue weighted by molar-refractivity contribution is -0.139. The molecular formula is C21H27N3O2. The van der Waals surface area contributed by atoms with Gasteiger partial charge in [-0.15, -0.1) is 0 Å². The number of likely N-dealkylation sites (tertiary alicyclic amines) is 2. The fraction of sp³-hybridized carbons (Fsp3) is 0.524. The summed E-state index contributed by atoms with van der Waals surface area (Å²) in [5.74, 6) is 0.300. The van der Waals surface area contributed by atoms with Gasteiger partial charge in [0.1, 0.15) is 0 Å². The first-order chi connectivity index (χ1) is 12.6. The van der Waals surface area contributed by atoms with Crippen molar-refractivity contribution in [1.29, 1.82) is 0 Å². The zero-order chi connectivity index (χ0) is 18.1. The molecule has 5 nitrogen and oxygen atoms in total. The minimum atomic E-state index is 0.0847. The van der Waals surface area contributed by atoms with Crippen LogP contribution in [0.3, 0.4) is 0 Å². The summed E-state index contributed by atoms with van der Waals surface area (Å²) in [4.78, 5) is 32.3. The van der Waals surface area contributed by atoms with Crippen molar-refractivity contribution in [3.8, 4) is 0 Å². The zero-order valence-corrected chi connectivity index (χ0v) is 15.5. The largest absolute Gasteiger partial charge is 0.357 e. The van der Waals surface area contributed by atoms with Crippen LogP contribution in [-0.2, 0) is 11.3 Å². The maximum absolute atomic E-state index is 12.4. The monoisotopic (exact) mass is 353 g/mol. The maximum Gasteiger partial charge on any atom is 0.222 e. The Labute approximate surface area is 154 Å². The van der Waals surface area contributed by atoms with Crippen molar-refractivity contribution in [2.24, 2.45) is 5.41 Å². The van der Waals surface area contributed by atoms with Gasteiger partial charge in [-0.05, 0) is 44.9 Å². The third-order valence-corrected chi connectivity index (χ3v) is 6.06. The first-order valence-electron chi connectivity index (χ1n) is 9.70. The number of benzene rings is 1. The molecule has 2 aromatic rings. The first-order valence-corrected chi connectivity index (χ1v) is 9.70. The Kier molecular flexibility index (Phi) is 4.57. The Morgan fingerprint density at radius 3 is 2.85 bits per heavy atom. The molecule has 26 heavy (non-hydrogen) atoms. The topological polar surface area (TPSA) is 56.4 Å². The van der Waals surface area contributed by atoms with Gasteiger partial charge in [-0.3, -0.25) is 14.5 Å². The summed E-state index contributed by atoms with van der Waals surface area (Å²) in [5.41, 5.74) is 2.19. The fourth-order valence-electron chi connectivity index (χ4n) is 4.75. The predicted octanol–water partition coefficient (Wildman–Crippen LogP) is 2.75. The van der Waals surface area contributed by atoms with E-state index in [1.165, 1.54) is 6.42 Å². The summed E-state index contributed by atoms with van der Waals surface area (Å²) in [6.07, 6.45) is 4.02. The number of nitrogens with zero attached hydrogens (tertiary/aromatic N) is 2. The molecule has 2 aliphatic rings. The molecule has 2 fully saturated rings. The molecule has 0 radical (unpaired) electrons. The Bertz CT molecular complexity index is 875. The molecular weight excluding hydrogens is 326 g/mol. The quantitative estimate of drug-likeness (QED) is 0.923. The molecule has 1 atom stereocenters. The summed E-state index contributed by atoms with van der Waals surface area (Å²) < 4.78 is 0. The lowest BCUT2D eigenvalue weighted by atomic mass is 9.73. The van der Waals surface area contributed by atoms with Gasteiger partial charge in [0.2, 0.25) is 5.91 Å². The summed E-state index contributed by atoms with van der Waals surface area (Å²) >= 11 is 0. The number of hydrogen-bond donors (Lipinski definition) is 1. The molecule has 2 saturated heterocycles. The van der Waals surface area contributed by atoms with Crippen LogP contribution in [0.1, 0.15) is 38.3 Å². The smallest absolute Gasteiger partial charge is 0.222 e. The molecule has 1 aromatic carbocycles. The van der Waals surface area contributed by atoms with E-state index in [1.807, 2.05) is 29.2 Å². The van der Waals surface area contributed by atoms with Crippen LogP contribution in [0, 0.1) is 5.41 Å². The van der Waals surface area contributed by atoms with E-state index in [9.17, 15) is 9.59 Å². The molecule has 0 bridgehead atoms. The number of nitrogens with one attached hydrogen (secondary N) is 1. The van der Waals surface area contributed by atoms with Crippen LogP contribution in [0.2, 0.25) is 0 Å². The molecule has 3 heterocycles. The maximum atomic E-state index is 12.4. The number of carbonyl (C=O) groups excluding carboxylic acids is 1. The number of aromatic amines is 1. The zero-order valence-electron chi connectivity index (χ0n) is 15.5. The average Bonchev–Trinajstić information content (AvgIpc) is 2.64. The number of rotatable bonds is 3. The summed E-state index contributed by atoms with van der Waals surface area (Å²) in [6, 6.07) is 9.42. The van der Waals surface area contributed by atoms with E-state index < -0.39 is 0 Å². The number of para-hydroxylation sites is 1. The van der Waals surface area contributed by atoms with Gasteiger partial charge in [-0.2, -0.15) is 0 Å². The highest BCUT2D eigenvalue weighted by atomic mass is 16.2. The number of fused-ring (bicyclic) bond motifs is 1. The molecule has 0 aliphatic carbocycles. The van der Waals surface area contributed by atoms with Crippen LogP contribution in [0.15, 0.2) is 35.1 Å². The SMILES string of the molecule is CCN1C[C@]2(CCCN(Cc3cc(=O)c4ccccc4[nH]3)C2)CCC1=O. The Morgan fingerprint density at radius 1 is 1.15 bits per heavy atom. The van der Waals surface area contributed by atoms with Gasteiger partial charge in [-0.25, -0.2) is 0 Å². The molecule has 138 valence electrons. The number of carbonyl (C=O) groups is 1. The first kappa shape index (κ1) is 17.3. The van der Waals surface area contributed by atoms with Crippen molar-refractivity contribution in [2.75, 3.05) is 26.2 Å². The van der Waals surface area contributed by atoms with E-state index in [0.29, 0.717) is 12.3 Å². The second kappa shape index (κ2) is 6.88. The second-order valence-corrected chi connectivity index (χ2v) is 7.93. The molecule has 0 saturated carbocycles. The van der Waals surface area contributed by atoms with Crippen molar-refractivity contribution in [3.05, 3.63) is 46.2 Å². The van der Waals surface area contributed by atoms with Gasteiger partial charge in [0.15, 0.2) is 5.43 Å². The Hall–Kier alpha value is -2.14. The van der Waals surface area contributed by atoms with Crippen molar-refractivity contribution in [1.82, 2.24) is 14.8 Å². The van der Waals surface area contributed by atoms with Crippen molar-refractivity contribution < 1.29 is 4.79 Å². The van der Waals surface area contributed by atoms with Crippen LogP contribution in [0.25, 0.3) is 10.9 Å². The minimum absolute atomic E-state index is 0.0847. The highest BCUT2D eigenvalue weighted by Crippen LogP contribution is 2.39. The van der Waals surface area contributed by atoms with Gasteiger partial charge in [0.25, 0.3) is 0 Å². The summed E-state index contributed by atoms with van der Waals surface area (Å²) in [7, 11) is 0.